The van der Waals surface area contributed by atoms with E-state index in [0.29, 0.717) is 0 Å². The molecular weight excluding hydrogens is 237 g/mol. The van der Waals surface area contributed by atoms with Crippen molar-refractivity contribution in [2.75, 3.05) is 0 Å². The predicted octanol–water partition coefficient (Wildman–Crippen LogP) is 1.74. The van der Waals surface area contributed by atoms with Gasteiger partial charge >= 0.3 is 0 Å². The number of pyridine rings is 2. The topological polar surface area (TPSA) is 25.8 Å². The maximum absolute atomic E-state index is 3.89. The summed E-state index contributed by atoms with van der Waals surface area (Å²) < 4.78 is 0. The predicted molar refractivity (Wildman–Crippen MR) is 45.1 cm³/mol. The molecule has 3 heteroatoms. The third kappa shape index (κ3) is 2.68. The molecule has 2 nitrogen and oxygen atoms in total. The molecule has 2 aromatic rings. The first-order chi connectivity index (χ1) is 5.97. The minimum Gasteiger partial charge on any atom is -0.295 e. The van der Waals surface area contributed by atoms with Gasteiger partial charge in [0.2, 0.25) is 0 Å². The van der Waals surface area contributed by atoms with Crippen molar-refractivity contribution in [1.29, 1.82) is 0 Å². The van der Waals surface area contributed by atoms with Crippen molar-refractivity contribution >= 4 is 0 Å². The van der Waals surface area contributed by atoms with Gasteiger partial charge in [-0.2, -0.15) is 0 Å². The average Bonchev–Trinajstić information content (AvgIpc) is 2.21. The molecule has 0 aliphatic carbocycles. The Labute approximate surface area is 102 Å². The van der Waals surface area contributed by atoms with Crippen LogP contribution in [-0.4, -0.2) is 9.97 Å². The van der Waals surface area contributed by atoms with Crippen LogP contribution in [0.2, 0.25) is 0 Å². The van der Waals surface area contributed by atoms with Gasteiger partial charge in [0, 0.05) is 32.7 Å². The van der Waals surface area contributed by atoms with Crippen LogP contribution in [0.4, 0.5) is 0 Å². The molecule has 0 aromatic carbocycles. The molecule has 1 radical (unpaired) electrons. The molecule has 0 amide bonds. The van der Waals surface area contributed by atoms with E-state index in [4.69, 9.17) is 0 Å². The van der Waals surface area contributed by atoms with Gasteiger partial charge < -0.3 is 0 Å². The molecule has 0 aliphatic heterocycles. The Kier molecular flexibility index (Phi) is 4.20. The van der Waals surface area contributed by atoms with Gasteiger partial charge in [0.15, 0.2) is 0 Å². The second kappa shape index (κ2) is 5.20. The molecule has 2 rings (SSSR count). The molecule has 0 unspecified atom stereocenters. The van der Waals surface area contributed by atoms with Crippen molar-refractivity contribution in [3.8, 4) is 11.1 Å². The van der Waals surface area contributed by atoms with Gasteiger partial charge in [-0.15, -0.1) is 0 Å². The Balaban J connectivity index is 0.000000845. The second-order valence-electron chi connectivity index (χ2n) is 2.30. The summed E-state index contributed by atoms with van der Waals surface area (Å²) in [5, 5.41) is 0. The number of nitrogens with zero attached hydrogens (tertiary/aromatic N) is 2. The molecule has 0 fully saturated rings. The van der Waals surface area contributed by atoms with E-state index in [1.54, 1.807) is 24.8 Å². The van der Waals surface area contributed by atoms with Crippen molar-refractivity contribution < 1.29 is 32.7 Å². The monoisotopic (exact) mass is 243 g/mol. The van der Waals surface area contributed by atoms with Crippen LogP contribution in [0.1, 0.15) is 0 Å². The third-order valence-corrected chi connectivity index (χ3v) is 1.53. The number of rotatable bonds is 1. The summed E-state index contributed by atoms with van der Waals surface area (Å²) in [5.41, 5.74) is 1.99. The van der Waals surface area contributed by atoms with E-state index in [2.05, 4.69) is 22.1 Å². The summed E-state index contributed by atoms with van der Waals surface area (Å²) in [4.78, 5) is 7.77. The molecule has 0 aliphatic rings. The van der Waals surface area contributed by atoms with Gasteiger partial charge in [-0.1, -0.05) is 0 Å². The minimum absolute atomic E-state index is 0. The molecule has 0 atom stereocenters. The van der Waals surface area contributed by atoms with E-state index in [9.17, 15) is 0 Å². The van der Waals surface area contributed by atoms with Crippen LogP contribution in [0.5, 0.6) is 0 Å². The average molecular weight is 243 g/mol. The Hall–Kier alpha value is -0.596. The molecule has 2 heterocycles. The Bertz CT molecular complexity index is 310. The molecular formula is C10H6N2Y-2. The van der Waals surface area contributed by atoms with E-state index in [-0.39, 0.29) is 32.7 Å². The zero-order valence-corrected chi connectivity index (χ0v) is 9.77. The van der Waals surface area contributed by atoms with Gasteiger partial charge in [-0.25, -0.2) is 24.3 Å². The fourth-order valence-corrected chi connectivity index (χ4v) is 0.966. The second-order valence-corrected chi connectivity index (χ2v) is 2.30. The summed E-state index contributed by atoms with van der Waals surface area (Å²) in [6.45, 7) is 0. The van der Waals surface area contributed by atoms with Crippen molar-refractivity contribution in [2.24, 2.45) is 0 Å². The fourth-order valence-electron chi connectivity index (χ4n) is 0.966. The molecule has 0 saturated carbocycles. The molecule has 2 aromatic heterocycles. The zero-order chi connectivity index (χ0) is 8.23. The van der Waals surface area contributed by atoms with Crippen LogP contribution in [0.15, 0.2) is 36.9 Å². The van der Waals surface area contributed by atoms with Gasteiger partial charge in [-0.3, -0.25) is 21.1 Å². The SMILES string of the molecule is [Y].[c-]1cnccc1-c1[c-]cncc1. The largest absolute Gasteiger partial charge is 0.295 e. The normalized spacial score (nSPS) is 8.92. The third-order valence-electron chi connectivity index (χ3n) is 1.53. The summed E-state index contributed by atoms with van der Waals surface area (Å²) in [6, 6.07) is 9.82. The first kappa shape index (κ1) is 10.5. The Morgan fingerprint density at radius 3 is 1.62 bits per heavy atom. The van der Waals surface area contributed by atoms with Crippen molar-refractivity contribution in [3.63, 3.8) is 0 Å². The smallest absolute Gasteiger partial charge is 0 e. The van der Waals surface area contributed by atoms with Crippen LogP contribution in [0.3, 0.4) is 0 Å². The summed E-state index contributed by atoms with van der Waals surface area (Å²) in [7, 11) is 0. The van der Waals surface area contributed by atoms with Gasteiger partial charge in [0.05, 0.1) is 0 Å². The maximum Gasteiger partial charge on any atom is 0 e. The first-order valence-corrected chi connectivity index (χ1v) is 3.60. The van der Waals surface area contributed by atoms with Crippen LogP contribution >= 0.6 is 0 Å². The van der Waals surface area contributed by atoms with E-state index >= 15 is 0 Å². The van der Waals surface area contributed by atoms with E-state index < -0.39 is 0 Å². The summed E-state index contributed by atoms with van der Waals surface area (Å²) in [5.74, 6) is 0. The van der Waals surface area contributed by atoms with Crippen molar-refractivity contribution in [1.82, 2.24) is 9.97 Å². The van der Waals surface area contributed by atoms with Crippen LogP contribution in [0.25, 0.3) is 11.1 Å². The number of hydrogen-bond donors (Lipinski definition) is 0. The molecule has 0 saturated heterocycles. The van der Waals surface area contributed by atoms with Crippen LogP contribution < -0.4 is 0 Å². The quantitative estimate of drug-likeness (QED) is 0.713. The molecule has 0 bridgehead atoms. The summed E-state index contributed by atoms with van der Waals surface area (Å²) in [6.07, 6.45) is 6.76. The Morgan fingerprint density at radius 1 is 0.846 bits per heavy atom. The van der Waals surface area contributed by atoms with E-state index in [0.717, 1.165) is 11.1 Å². The zero-order valence-electron chi connectivity index (χ0n) is 6.94. The van der Waals surface area contributed by atoms with Crippen molar-refractivity contribution in [2.45, 2.75) is 0 Å². The minimum atomic E-state index is 0. The van der Waals surface area contributed by atoms with E-state index in [1.807, 2.05) is 12.1 Å². The standard InChI is InChI=1S/C10H6N2.Y/c1-5-11-6-2-9(1)10-3-7-12-8-4-10;/h1,3,5-8H;/q-2;. The molecule has 0 N–H and O–H groups in total. The molecule has 61 valence electrons. The fraction of sp³-hybridized carbons (Fsp3) is 0. The first-order valence-electron chi connectivity index (χ1n) is 3.60. The van der Waals surface area contributed by atoms with E-state index in [1.165, 1.54) is 0 Å². The maximum atomic E-state index is 3.89. The van der Waals surface area contributed by atoms with Crippen LogP contribution in [-0.2, 0) is 32.7 Å². The number of aromatic nitrogens is 2. The van der Waals surface area contributed by atoms with Gasteiger partial charge in [0.25, 0.3) is 0 Å². The summed E-state index contributed by atoms with van der Waals surface area (Å²) >= 11 is 0. The Morgan fingerprint density at radius 2 is 1.31 bits per heavy atom. The van der Waals surface area contributed by atoms with Gasteiger partial charge in [0.1, 0.15) is 0 Å². The van der Waals surface area contributed by atoms with Crippen molar-refractivity contribution in [3.05, 3.63) is 49.1 Å². The van der Waals surface area contributed by atoms with Crippen LogP contribution in [0, 0.1) is 12.1 Å². The number of hydrogen-bond acceptors (Lipinski definition) is 2. The van der Waals surface area contributed by atoms with Gasteiger partial charge in [-0.05, 0) is 24.8 Å². The molecule has 13 heavy (non-hydrogen) atoms. The molecule has 0 spiro atoms.